The van der Waals surface area contributed by atoms with Crippen LogP contribution in [0, 0.1) is 0 Å². The molecule has 0 saturated carbocycles. The minimum atomic E-state index is -0.392. The molecule has 3 rings (SSSR count). The molecular formula is C21H24Cl2N2O3. The van der Waals surface area contributed by atoms with E-state index < -0.39 is 6.10 Å². The van der Waals surface area contributed by atoms with Gasteiger partial charge in [-0.05, 0) is 43.5 Å². The highest BCUT2D eigenvalue weighted by Crippen LogP contribution is 2.38. The van der Waals surface area contributed by atoms with Gasteiger partial charge in [0.25, 0.3) is 6.47 Å². The van der Waals surface area contributed by atoms with Crippen LogP contribution in [-0.4, -0.2) is 17.6 Å². The van der Waals surface area contributed by atoms with Crippen LogP contribution in [0.25, 0.3) is 10.9 Å². The Morgan fingerprint density at radius 1 is 1.25 bits per heavy atom. The number of aromatic nitrogens is 1. The molecule has 0 amide bonds. The van der Waals surface area contributed by atoms with Gasteiger partial charge in [-0.25, -0.2) is 0 Å². The highest BCUT2D eigenvalue weighted by Gasteiger charge is 2.19. The summed E-state index contributed by atoms with van der Waals surface area (Å²) >= 11 is 6.39. The molecule has 1 aromatic heterocycles. The summed E-state index contributed by atoms with van der Waals surface area (Å²) in [5, 5.41) is 1.50. The minimum Gasteiger partial charge on any atom is -0.493 e. The fraction of sp³-hybridized carbons (Fsp3) is 0.286. The molecule has 1 heterocycles. The maximum absolute atomic E-state index is 10.8. The smallest absolute Gasteiger partial charge is 0.293 e. The number of rotatable bonds is 8. The number of carbonyl (C=O) groups excluding carboxylic acids is 1. The third-order valence-electron chi connectivity index (χ3n) is 4.67. The quantitative estimate of drug-likeness (QED) is 0.312. The molecule has 150 valence electrons. The van der Waals surface area contributed by atoms with Crippen molar-refractivity contribution in [1.29, 1.82) is 0 Å². The Kier molecular flexibility index (Phi) is 7.61. The number of anilines is 1. The Morgan fingerprint density at radius 3 is 2.71 bits per heavy atom. The normalized spacial score (nSPS) is 11.7. The van der Waals surface area contributed by atoms with Gasteiger partial charge in [0.15, 0.2) is 0 Å². The number of halogens is 2. The van der Waals surface area contributed by atoms with Gasteiger partial charge in [0.1, 0.15) is 11.9 Å². The third-order valence-corrected chi connectivity index (χ3v) is 4.97. The molecule has 0 saturated heterocycles. The first-order valence-corrected chi connectivity index (χ1v) is 9.23. The van der Waals surface area contributed by atoms with Gasteiger partial charge in [-0.3, -0.25) is 4.79 Å². The van der Waals surface area contributed by atoms with E-state index in [0.717, 1.165) is 46.3 Å². The van der Waals surface area contributed by atoms with Crippen molar-refractivity contribution in [3.05, 3.63) is 58.7 Å². The molecule has 0 aliphatic heterocycles. The number of nitrogens with zero attached hydrogens (tertiary/aromatic N) is 1. The molecule has 5 nitrogen and oxygen atoms in total. The van der Waals surface area contributed by atoms with E-state index in [4.69, 9.17) is 26.8 Å². The first-order chi connectivity index (χ1) is 13.0. The Balaban J connectivity index is 0.00000280. The summed E-state index contributed by atoms with van der Waals surface area (Å²) in [6, 6.07) is 11.5. The predicted octanol–water partition coefficient (Wildman–Crippen LogP) is 5.08. The lowest BCUT2D eigenvalue weighted by Crippen LogP contribution is -2.03. The van der Waals surface area contributed by atoms with Gasteiger partial charge in [-0.1, -0.05) is 29.8 Å². The molecule has 0 spiro atoms. The minimum absolute atomic E-state index is 0. The van der Waals surface area contributed by atoms with Crippen LogP contribution in [0.4, 0.5) is 5.69 Å². The average Bonchev–Trinajstić information content (AvgIpc) is 3.00. The second-order valence-electron chi connectivity index (χ2n) is 6.49. The maximum Gasteiger partial charge on any atom is 0.293 e. The summed E-state index contributed by atoms with van der Waals surface area (Å²) in [6.45, 7) is 2.83. The van der Waals surface area contributed by atoms with E-state index in [0.29, 0.717) is 18.1 Å². The van der Waals surface area contributed by atoms with Crippen molar-refractivity contribution >= 4 is 47.1 Å². The fourth-order valence-electron chi connectivity index (χ4n) is 3.30. The third kappa shape index (κ3) is 4.54. The van der Waals surface area contributed by atoms with Crippen LogP contribution in [0.3, 0.4) is 0 Å². The molecule has 3 aromatic rings. The molecular weight excluding hydrogens is 399 g/mol. The molecule has 28 heavy (non-hydrogen) atoms. The van der Waals surface area contributed by atoms with Crippen molar-refractivity contribution in [2.24, 2.45) is 7.05 Å². The summed E-state index contributed by atoms with van der Waals surface area (Å²) in [7, 11) is 1.91. The number of aryl methyl sites for hydroxylation is 2. The summed E-state index contributed by atoms with van der Waals surface area (Å²) < 4.78 is 13.1. The lowest BCUT2D eigenvalue weighted by atomic mass is 10.1. The zero-order valence-corrected chi connectivity index (χ0v) is 17.4. The summed E-state index contributed by atoms with van der Waals surface area (Å²) in [5.74, 6) is 0.729. The summed E-state index contributed by atoms with van der Waals surface area (Å²) in [5.41, 5.74) is 9.64. The lowest BCUT2D eigenvalue weighted by molar-refractivity contribution is -0.133. The van der Waals surface area contributed by atoms with Crippen LogP contribution >= 0.6 is 24.0 Å². The van der Waals surface area contributed by atoms with E-state index in [-0.39, 0.29) is 12.4 Å². The number of nitrogens with two attached hydrogens (primary N) is 1. The lowest BCUT2D eigenvalue weighted by Gasteiger charge is -2.13. The van der Waals surface area contributed by atoms with Crippen LogP contribution in [0.15, 0.2) is 42.6 Å². The van der Waals surface area contributed by atoms with Crippen molar-refractivity contribution in [3.8, 4) is 5.75 Å². The molecule has 0 fully saturated rings. The number of benzene rings is 2. The van der Waals surface area contributed by atoms with Crippen LogP contribution in [0.5, 0.6) is 5.75 Å². The zero-order chi connectivity index (χ0) is 19.4. The summed E-state index contributed by atoms with van der Waals surface area (Å²) in [6.07, 6.45) is 3.20. The fourth-order valence-corrected chi connectivity index (χ4v) is 3.59. The Morgan fingerprint density at radius 2 is 2.00 bits per heavy atom. The first-order valence-electron chi connectivity index (χ1n) is 8.85. The number of para-hydroxylation sites is 1. The van der Waals surface area contributed by atoms with Gasteiger partial charge in [0.2, 0.25) is 0 Å². The largest absolute Gasteiger partial charge is 0.493 e. The molecule has 0 aliphatic rings. The van der Waals surface area contributed by atoms with Crippen molar-refractivity contribution < 1.29 is 14.3 Å². The summed E-state index contributed by atoms with van der Waals surface area (Å²) in [4.78, 5) is 10.8. The number of carbonyl (C=O) groups is 1. The van der Waals surface area contributed by atoms with Crippen LogP contribution in [-0.2, 0) is 23.0 Å². The topological polar surface area (TPSA) is 66.5 Å². The number of hydrogen-bond acceptors (Lipinski definition) is 4. The second kappa shape index (κ2) is 9.71. The Bertz CT molecular complexity index is 956. The zero-order valence-electron chi connectivity index (χ0n) is 15.9. The molecule has 1 atom stereocenters. The number of fused-ring (bicyclic) bond motifs is 1. The van der Waals surface area contributed by atoms with Crippen LogP contribution in [0.1, 0.15) is 30.6 Å². The Hall–Kier alpha value is -2.37. The predicted molar refractivity (Wildman–Crippen MR) is 115 cm³/mol. The van der Waals surface area contributed by atoms with Gasteiger partial charge >= 0.3 is 0 Å². The van der Waals surface area contributed by atoms with E-state index in [1.807, 2.05) is 61.1 Å². The van der Waals surface area contributed by atoms with Gasteiger partial charge in [0, 0.05) is 24.5 Å². The van der Waals surface area contributed by atoms with Crippen LogP contribution in [0.2, 0.25) is 5.02 Å². The molecule has 0 aliphatic carbocycles. The number of ether oxygens (including phenoxy) is 2. The molecule has 2 N–H and O–H groups in total. The average molecular weight is 423 g/mol. The van der Waals surface area contributed by atoms with Gasteiger partial charge in [0.05, 0.1) is 22.5 Å². The van der Waals surface area contributed by atoms with Crippen LogP contribution < -0.4 is 10.5 Å². The number of nitrogen functional groups attached to an aromatic ring is 1. The molecule has 7 heteroatoms. The van der Waals surface area contributed by atoms with E-state index in [1.54, 1.807) is 0 Å². The van der Waals surface area contributed by atoms with Crippen molar-refractivity contribution in [3.63, 3.8) is 0 Å². The second-order valence-corrected chi connectivity index (χ2v) is 6.90. The van der Waals surface area contributed by atoms with Crippen molar-refractivity contribution in [1.82, 2.24) is 4.57 Å². The monoisotopic (exact) mass is 422 g/mol. The van der Waals surface area contributed by atoms with Gasteiger partial charge < -0.3 is 19.8 Å². The molecule has 0 radical (unpaired) electrons. The maximum atomic E-state index is 10.8. The Labute approximate surface area is 175 Å². The number of hydrogen-bond donors (Lipinski definition) is 1. The first kappa shape index (κ1) is 21.9. The van der Waals surface area contributed by atoms with E-state index in [2.05, 4.69) is 0 Å². The van der Waals surface area contributed by atoms with Gasteiger partial charge in [-0.15, -0.1) is 12.4 Å². The SMILES string of the molecule is C[C@@H](OC=O)c1cn(C)c2c(Cl)ccc(OCCCc3ccccc3N)c12.Cl. The molecule has 0 bridgehead atoms. The molecule has 0 unspecified atom stereocenters. The van der Waals surface area contributed by atoms with Gasteiger partial charge in [-0.2, -0.15) is 0 Å². The highest BCUT2D eigenvalue weighted by atomic mass is 35.5. The van der Waals surface area contributed by atoms with E-state index in [1.165, 1.54) is 0 Å². The van der Waals surface area contributed by atoms with E-state index in [9.17, 15) is 4.79 Å². The molecule has 2 aromatic carbocycles. The van der Waals surface area contributed by atoms with Crippen molar-refractivity contribution in [2.75, 3.05) is 12.3 Å². The van der Waals surface area contributed by atoms with E-state index >= 15 is 0 Å². The van der Waals surface area contributed by atoms with Crippen molar-refractivity contribution in [2.45, 2.75) is 25.9 Å². The highest BCUT2D eigenvalue weighted by molar-refractivity contribution is 6.35. The standard InChI is InChI=1S/C21H23ClN2O3.ClH/c1-14(27-13-25)16-12-24(2)21-17(22)9-10-19(20(16)21)26-11-5-7-15-6-3-4-8-18(15)23;/h3-4,6,8-10,12-14H,5,7,11,23H2,1-2H3;1H/t14-;/m1./s1.